The number of phenolic OH excluding ortho intramolecular Hbond substituents is 1. The first-order valence-corrected chi connectivity index (χ1v) is 10.5. The number of benzene rings is 3. The van der Waals surface area contributed by atoms with Crippen molar-refractivity contribution in [2.45, 2.75) is 6.04 Å². The quantitative estimate of drug-likeness (QED) is 0.325. The molecule has 1 aliphatic rings. The van der Waals surface area contributed by atoms with E-state index in [4.69, 9.17) is 35.4 Å². The first-order valence-electron chi connectivity index (χ1n) is 9.35. The molecule has 31 heavy (non-hydrogen) atoms. The molecule has 0 saturated heterocycles. The number of hydrogen-bond donors (Lipinski definition) is 3. The predicted octanol–water partition coefficient (Wildman–Crippen LogP) is 5.93. The van der Waals surface area contributed by atoms with Crippen molar-refractivity contribution < 1.29 is 5.11 Å². The first kappa shape index (κ1) is 19.8. The van der Waals surface area contributed by atoms with Gasteiger partial charge >= 0.3 is 0 Å². The summed E-state index contributed by atoms with van der Waals surface area (Å²) in [5.74, 6) is 0.726. The highest BCUT2D eigenvalue weighted by molar-refractivity contribution is 7.80. The van der Waals surface area contributed by atoms with Crippen LogP contribution in [0.3, 0.4) is 0 Å². The second-order valence-electron chi connectivity index (χ2n) is 7.00. The lowest BCUT2D eigenvalue weighted by Crippen LogP contribution is -2.33. The van der Waals surface area contributed by atoms with Gasteiger partial charge in [-0.1, -0.05) is 35.3 Å². The van der Waals surface area contributed by atoms with Crippen LogP contribution < -0.4 is 10.2 Å². The Balaban J connectivity index is 1.61. The number of anilines is 2. The zero-order chi connectivity index (χ0) is 21.5. The summed E-state index contributed by atoms with van der Waals surface area (Å²) in [6.07, 6.45) is 1.65. The Hall–Kier alpha value is -3.13. The fourth-order valence-electron chi connectivity index (χ4n) is 3.61. The number of aromatic nitrogens is 2. The van der Waals surface area contributed by atoms with Crippen molar-refractivity contribution in [3.05, 3.63) is 82.6 Å². The first-order chi connectivity index (χ1) is 15.0. The number of amidine groups is 1. The number of fused-ring (bicyclic) bond motifs is 1. The smallest absolute Gasteiger partial charge is 0.202 e. The molecular weight excluding hydrogens is 453 g/mol. The van der Waals surface area contributed by atoms with E-state index in [1.165, 1.54) is 0 Å². The van der Waals surface area contributed by atoms with Gasteiger partial charge in [-0.15, -0.1) is 0 Å². The van der Waals surface area contributed by atoms with Crippen molar-refractivity contribution in [2.75, 3.05) is 10.2 Å². The number of rotatable bonds is 3. The van der Waals surface area contributed by atoms with Crippen LogP contribution in [0.15, 0.2) is 72.0 Å². The number of aromatic hydroxyl groups is 1. The lowest BCUT2D eigenvalue weighted by atomic mass is 10.0. The Morgan fingerprint density at radius 1 is 1.06 bits per heavy atom. The number of nitrogens with zero attached hydrogens (tertiary/aromatic N) is 3. The number of H-pyrrole nitrogens is 1. The van der Waals surface area contributed by atoms with Gasteiger partial charge in [0.2, 0.25) is 5.11 Å². The van der Waals surface area contributed by atoms with E-state index in [1.807, 2.05) is 29.2 Å². The summed E-state index contributed by atoms with van der Waals surface area (Å²) in [4.78, 5) is 13.9. The maximum atomic E-state index is 10.1. The third kappa shape index (κ3) is 3.72. The van der Waals surface area contributed by atoms with Crippen molar-refractivity contribution in [3.8, 4) is 5.75 Å². The van der Waals surface area contributed by atoms with Crippen molar-refractivity contribution >= 4 is 68.8 Å². The normalized spacial score (nSPS) is 16.1. The predicted molar refractivity (Wildman–Crippen MR) is 130 cm³/mol. The van der Waals surface area contributed by atoms with Gasteiger partial charge in [-0.2, -0.15) is 0 Å². The SMILES string of the molecule is Oc1cccc(C2C(Nc3cc(Cl)ccc3Cl)=NC(=S)N2c2ccc3nc[nH]c3c2)c1. The molecule has 1 aliphatic heterocycles. The average Bonchev–Trinajstić information content (AvgIpc) is 3.34. The monoisotopic (exact) mass is 467 g/mol. The third-order valence-corrected chi connectivity index (χ3v) is 5.85. The lowest BCUT2D eigenvalue weighted by Gasteiger charge is -2.27. The summed E-state index contributed by atoms with van der Waals surface area (Å²) in [5.41, 5.74) is 4.01. The van der Waals surface area contributed by atoms with E-state index >= 15 is 0 Å². The summed E-state index contributed by atoms with van der Waals surface area (Å²) >= 11 is 18.2. The molecule has 3 aromatic carbocycles. The average molecular weight is 468 g/mol. The molecule has 6 nitrogen and oxygen atoms in total. The molecule has 1 atom stereocenters. The number of aliphatic imine (C=N–C) groups is 1. The van der Waals surface area contributed by atoms with Crippen LogP contribution in [0.4, 0.5) is 11.4 Å². The number of imidazole rings is 1. The van der Waals surface area contributed by atoms with E-state index in [0.29, 0.717) is 26.7 Å². The molecule has 1 unspecified atom stereocenters. The molecule has 154 valence electrons. The number of aromatic amines is 1. The number of nitrogens with one attached hydrogen (secondary N) is 2. The number of halogens is 2. The van der Waals surface area contributed by atoms with Gasteiger partial charge in [-0.25, -0.2) is 9.98 Å². The zero-order valence-electron chi connectivity index (χ0n) is 15.9. The van der Waals surface area contributed by atoms with Crippen molar-refractivity contribution in [3.63, 3.8) is 0 Å². The highest BCUT2D eigenvalue weighted by atomic mass is 35.5. The van der Waals surface area contributed by atoms with Crippen LogP contribution >= 0.6 is 35.4 Å². The molecule has 0 saturated carbocycles. The topological polar surface area (TPSA) is 76.5 Å². The van der Waals surface area contributed by atoms with Crippen molar-refractivity contribution in [1.82, 2.24) is 9.97 Å². The van der Waals surface area contributed by atoms with Crippen LogP contribution in [0, 0.1) is 0 Å². The maximum absolute atomic E-state index is 10.1. The number of thiocarbonyl (C=S) groups is 1. The van der Waals surface area contributed by atoms with Gasteiger partial charge < -0.3 is 20.3 Å². The maximum Gasteiger partial charge on any atom is 0.202 e. The van der Waals surface area contributed by atoms with Gasteiger partial charge in [0, 0.05) is 10.7 Å². The molecule has 3 N–H and O–H groups in total. The minimum atomic E-state index is -0.407. The van der Waals surface area contributed by atoms with E-state index in [0.717, 1.165) is 22.3 Å². The van der Waals surface area contributed by atoms with Crippen molar-refractivity contribution in [1.29, 1.82) is 0 Å². The second kappa shape index (κ2) is 7.85. The van der Waals surface area contributed by atoms with Gasteiger partial charge in [0.15, 0.2) is 0 Å². The second-order valence-corrected chi connectivity index (χ2v) is 8.21. The largest absolute Gasteiger partial charge is 0.508 e. The van der Waals surface area contributed by atoms with E-state index in [1.54, 1.807) is 42.7 Å². The van der Waals surface area contributed by atoms with Crippen LogP contribution in [0.5, 0.6) is 5.75 Å². The van der Waals surface area contributed by atoms with Gasteiger partial charge in [0.1, 0.15) is 17.6 Å². The summed E-state index contributed by atoms with van der Waals surface area (Å²) in [6, 6.07) is 17.6. The number of hydrogen-bond acceptors (Lipinski definition) is 4. The van der Waals surface area contributed by atoms with E-state index in [9.17, 15) is 5.11 Å². The molecule has 0 aliphatic carbocycles. The minimum absolute atomic E-state index is 0.152. The molecule has 0 amide bonds. The molecule has 9 heteroatoms. The Bertz CT molecular complexity index is 1350. The molecule has 4 aromatic rings. The lowest BCUT2D eigenvalue weighted by molar-refractivity contribution is 0.474. The zero-order valence-corrected chi connectivity index (χ0v) is 18.2. The Morgan fingerprint density at radius 2 is 1.94 bits per heavy atom. The fraction of sp³-hybridized carbons (Fsp3) is 0.0455. The highest BCUT2D eigenvalue weighted by Gasteiger charge is 2.35. The molecule has 5 rings (SSSR count). The van der Waals surface area contributed by atoms with Crippen molar-refractivity contribution in [2.24, 2.45) is 4.99 Å². The minimum Gasteiger partial charge on any atom is -0.508 e. The number of phenols is 1. The molecule has 1 aromatic heterocycles. The summed E-state index contributed by atoms with van der Waals surface area (Å²) in [7, 11) is 0. The van der Waals surface area contributed by atoms with Gasteiger partial charge in [-0.05, 0) is 66.3 Å². The molecule has 2 heterocycles. The van der Waals surface area contributed by atoms with Crippen LogP contribution in [0.25, 0.3) is 11.0 Å². The van der Waals surface area contributed by atoms with Crippen LogP contribution in [0.2, 0.25) is 10.0 Å². The van der Waals surface area contributed by atoms with E-state index in [-0.39, 0.29) is 5.75 Å². The Kier molecular flexibility index (Phi) is 5.02. The van der Waals surface area contributed by atoms with Crippen LogP contribution in [-0.4, -0.2) is 26.0 Å². The molecular formula is C22H15Cl2N5OS. The Morgan fingerprint density at radius 3 is 2.77 bits per heavy atom. The Labute approximate surface area is 193 Å². The summed E-state index contributed by atoms with van der Waals surface area (Å²) in [6.45, 7) is 0. The summed E-state index contributed by atoms with van der Waals surface area (Å²) in [5, 5.41) is 14.8. The molecule has 0 radical (unpaired) electrons. The van der Waals surface area contributed by atoms with Gasteiger partial charge in [0.25, 0.3) is 0 Å². The molecule has 0 spiro atoms. The van der Waals surface area contributed by atoms with E-state index < -0.39 is 6.04 Å². The molecule has 0 bridgehead atoms. The van der Waals surface area contributed by atoms with Gasteiger partial charge in [-0.3, -0.25) is 0 Å². The third-order valence-electron chi connectivity index (χ3n) is 5.00. The molecule has 0 fully saturated rings. The standard InChI is InChI=1S/C22H15Cl2N5OS/c23-13-4-6-16(24)18(9-13)27-21-20(12-2-1-3-15(30)8-12)29(22(31)28-21)14-5-7-17-19(10-14)26-11-25-17/h1-11,20,30H,(H,25,26)(H,27,28,31). The van der Waals surface area contributed by atoms with Crippen LogP contribution in [0.1, 0.15) is 11.6 Å². The highest BCUT2D eigenvalue weighted by Crippen LogP contribution is 2.37. The van der Waals surface area contributed by atoms with Gasteiger partial charge in [0.05, 0.1) is 28.1 Å². The fourth-order valence-corrected chi connectivity index (χ4v) is 4.26. The van der Waals surface area contributed by atoms with Crippen LogP contribution in [-0.2, 0) is 0 Å². The summed E-state index contributed by atoms with van der Waals surface area (Å²) < 4.78 is 0. The van der Waals surface area contributed by atoms with E-state index in [2.05, 4.69) is 20.3 Å².